The lowest BCUT2D eigenvalue weighted by atomic mass is 9.36. The Morgan fingerprint density at radius 1 is 1.14 bits per heavy atom. The molecule has 2 bridgehead atoms. The topological polar surface area (TPSA) is 157 Å². The quantitative estimate of drug-likeness (QED) is 0.196. The number of carbonyl (C=O) groups is 1. The third-order valence-electron chi connectivity index (χ3n) is 9.05. The predicted molar refractivity (Wildman–Crippen MR) is 94.8 cm³/mol. The average molecular weight is 412 g/mol. The summed E-state index contributed by atoms with van der Waals surface area (Å²) in [6.45, 7) is 4.66. The lowest BCUT2D eigenvalue weighted by molar-refractivity contribution is -0.379. The Morgan fingerprint density at radius 3 is 2.45 bits per heavy atom. The number of fused-ring (bicyclic) bond motifs is 1. The van der Waals surface area contributed by atoms with Gasteiger partial charge < -0.3 is 40.1 Å². The van der Waals surface area contributed by atoms with Crippen molar-refractivity contribution in [1.29, 1.82) is 0 Å². The van der Waals surface area contributed by atoms with Crippen LogP contribution in [0.15, 0.2) is 11.6 Å². The van der Waals surface area contributed by atoms with Gasteiger partial charge in [0.05, 0.1) is 24.2 Å². The van der Waals surface area contributed by atoms with Gasteiger partial charge in [0.2, 0.25) is 0 Å². The van der Waals surface area contributed by atoms with Crippen LogP contribution < -0.4 is 0 Å². The molecule has 162 valence electrons. The van der Waals surface area contributed by atoms with Crippen molar-refractivity contribution < 1.29 is 44.9 Å². The van der Waals surface area contributed by atoms with Gasteiger partial charge in [0.25, 0.3) is 0 Å². The van der Waals surface area contributed by atoms with Crippen molar-refractivity contribution in [3.05, 3.63) is 11.6 Å². The molecule has 6 N–H and O–H groups in total. The zero-order chi connectivity index (χ0) is 21.3. The molecule has 2 heterocycles. The van der Waals surface area contributed by atoms with Gasteiger partial charge in [-0.2, -0.15) is 0 Å². The Morgan fingerprint density at radius 2 is 1.79 bits per heavy atom. The van der Waals surface area contributed by atoms with Gasteiger partial charge in [0.1, 0.15) is 17.8 Å². The van der Waals surface area contributed by atoms with E-state index in [9.17, 15) is 35.4 Å². The Bertz CT molecular complexity index is 814. The maximum atomic E-state index is 12.5. The summed E-state index contributed by atoms with van der Waals surface area (Å²) >= 11 is 0. The first-order valence-corrected chi connectivity index (χ1v) is 10.1. The highest BCUT2D eigenvalue weighted by Gasteiger charge is 2.87. The Balaban J connectivity index is 1.83. The predicted octanol–water partition coefficient (Wildman–Crippen LogP) is -1.96. The Hall–Kier alpha value is -1.07. The van der Waals surface area contributed by atoms with Crippen molar-refractivity contribution in [1.82, 2.24) is 0 Å². The second-order valence-electron chi connectivity index (χ2n) is 9.90. The summed E-state index contributed by atoms with van der Waals surface area (Å²) < 4.78 is 11.3. The molecule has 0 aromatic heterocycles. The van der Waals surface area contributed by atoms with E-state index >= 15 is 0 Å². The number of aliphatic hydroxyl groups is 6. The van der Waals surface area contributed by atoms with Crippen molar-refractivity contribution in [2.45, 2.75) is 69.1 Å². The number of esters is 1. The Kier molecular flexibility index (Phi) is 3.70. The second-order valence-corrected chi connectivity index (χ2v) is 9.90. The first-order valence-electron chi connectivity index (χ1n) is 10.1. The van der Waals surface area contributed by atoms with E-state index in [-0.39, 0.29) is 13.0 Å². The van der Waals surface area contributed by atoms with Gasteiger partial charge in [-0.15, -0.1) is 0 Å². The van der Waals surface area contributed by atoms with Crippen LogP contribution >= 0.6 is 0 Å². The maximum Gasteiger partial charge on any atom is 0.338 e. The lowest BCUT2D eigenvalue weighted by Crippen LogP contribution is -2.84. The van der Waals surface area contributed by atoms with Crippen LogP contribution in [0.4, 0.5) is 0 Å². The highest BCUT2D eigenvalue weighted by molar-refractivity contribution is 5.78. The summed E-state index contributed by atoms with van der Waals surface area (Å²) in [7, 11) is 0. The van der Waals surface area contributed by atoms with Crippen molar-refractivity contribution >= 4 is 5.97 Å². The van der Waals surface area contributed by atoms with Gasteiger partial charge >= 0.3 is 5.97 Å². The smallest absolute Gasteiger partial charge is 0.338 e. The van der Waals surface area contributed by atoms with Gasteiger partial charge in [-0.3, -0.25) is 0 Å². The number of aliphatic hydroxyl groups excluding tert-OH is 4. The summed E-state index contributed by atoms with van der Waals surface area (Å²) in [6, 6.07) is 0. The van der Waals surface area contributed by atoms with Crippen LogP contribution in [-0.4, -0.2) is 85.1 Å². The van der Waals surface area contributed by atoms with Crippen molar-refractivity contribution in [3.8, 4) is 0 Å². The van der Waals surface area contributed by atoms with E-state index in [4.69, 9.17) is 9.47 Å². The van der Waals surface area contributed by atoms with Crippen LogP contribution in [0.2, 0.25) is 0 Å². The summed E-state index contributed by atoms with van der Waals surface area (Å²) in [4.78, 5) is 12.5. The van der Waals surface area contributed by atoms with E-state index in [2.05, 4.69) is 0 Å². The molecule has 12 atom stereocenters. The van der Waals surface area contributed by atoms with E-state index in [0.29, 0.717) is 0 Å². The lowest BCUT2D eigenvalue weighted by Gasteiger charge is -2.70. The van der Waals surface area contributed by atoms with Gasteiger partial charge in [-0.1, -0.05) is 25.5 Å². The number of hydrogen-bond donors (Lipinski definition) is 6. The standard InChI is InChI=1S/C20H28O9/c1-7-4-10(21)13(23)17(3)9(7)5-11-18-6-28-20(27,16(17)18)12(22)8(2)19(18,26)14(24)15(25)29-11/h4,8-14,16,21-24,26-27H,5-6H2,1-3H3/t8-,9+,10-,11+,12+,13+,14-,16+,17+,18+,19-,20-/m0/s1. The summed E-state index contributed by atoms with van der Waals surface area (Å²) in [5, 5.41) is 66.7. The van der Waals surface area contributed by atoms with Gasteiger partial charge in [0.15, 0.2) is 11.9 Å². The molecule has 29 heavy (non-hydrogen) atoms. The van der Waals surface area contributed by atoms with Gasteiger partial charge in [-0.25, -0.2) is 4.79 Å². The fourth-order valence-corrected chi connectivity index (χ4v) is 7.75. The molecule has 4 fully saturated rings. The molecular formula is C20H28O9. The zero-order valence-corrected chi connectivity index (χ0v) is 16.5. The highest BCUT2D eigenvalue weighted by Crippen LogP contribution is 2.74. The number of ether oxygens (including phenoxy) is 2. The molecule has 5 rings (SSSR count). The van der Waals surface area contributed by atoms with Crippen LogP contribution in [0.3, 0.4) is 0 Å². The third kappa shape index (κ3) is 1.78. The van der Waals surface area contributed by atoms with E-state index in [0.717, 1.165) is 5.57 Å². The van der Waals surface area contributed by atoms with E-state index in [1.54, 1.807) is 13.8 Å². The first kappa shape index (κ1) is 19.9. The zero-order valence-electron chi connectivity index (χ0n) is 16.5. The second kappa shape index (κ2) is 5.40. The molecule has 9 heteroatoms. The van der Waals surface area contributed by atoms with E-state index < -0.39 is 76.5 Å². The fourth-order valence-electron chi connectivity index (χ4n) is 7.75. The minimum absolute atomic E-state index is 0.224. The average Bonchev–Trinajstić information content (AvgIpc) is 2.98. The van der Waals surface area contributed by atoms with E-state index in [1.807, 2.05) is 0 Å². The summed E-state index contributed by atoms with van der Waals surface area (Å²) in [5.41, 5.74) is -4.08. The summed E-state index contributed by atoms with van der Waals surface area (Å²) in [6.07, 6.45) is -5.27. The normalized spacial score (nSPS) is 63.3. The number of allylic oxidation sites excluding steroid dienone is 1. The molecular weight excluding hydrogens is 384 g/mol. The largest absolute Gasteiger partial charge is 0.460 e. The maximum absolute atomic E-state index is 12.5. The molecule has 2 saturated carbocycles. The van der Waals surface area contributed by atoms with E-state index in [1.165, 1.54) is 13.0 Å². The molecule has 0 aromatic rings. The van der Waals surface area contributed by atoms with Crippen LogP contribution in [0.5, 0.6) is 0 Å². The number of rotatable bonds is 0. The van der Waals surface area contributed by atoms with Crippen LogP contribution in [0.1, 0.15) is 27.2 Å². The fraction of sp³-hybridized carbons (Fsp3) is 0.850. The molecule has 2 aliphatic heterocycles. The molecule has 0 aromatic carbocycles. The third-order valence-corrected chi connectivity index (χ3v) is 9.05. The number of carbonyl (C=O) groups excluding carboxylic acids is 1. The van der Waals surface area contributed by atoms with Crippen molar-refractivity contribution in [2.24, 2.45) is 28.6 Å². The molecule has 9 nitrogen and oxygen atoms in total. The van der Waals surface area contributed by atoms with Crippen molar-refractivity contribution in [3.63, 3.8) is 0 Å². The molecule has 0 radical (unpaired) electrons. The minimum atomic E-state index is -2.15. The Labute approximate surface area is 167 Å². The van der Waals surface area contributed by atoms with Crippen LogP contribution in [0.25, 0.3) is 0 Å². The highest BCUT2D eigenvalue weighted by atomic mass is 16.7. The molecule has 0 unspecified atom stereocenters. The van der Waals surface area contributed by atoms with Gasteiger partial charge in [-0.05, 0) is 19.3 Å². The SMILES string of the molecule is CC1=C[C@H](O)[C@@H](O)[C@@]2(C)[C@@H]1C[C@H]1OC(=O)[C@H](O)[C@@]3(O)[C@@H](C)[C@@H](O)[C@]4(O)OC[C@]13[C@H]42. The van der Waals surface area contributed by atoms with Gasteiger partial charge in [0, 0.05) is 17.3 Å². The molecule has 1 spiro atoms. The molecule has 5 aliphatic rings. The van der Waals surface area contributed by atoms with Crippen LogP contribution in [-0.2, 0) is 14.3 Å². The number of hydrogen-bond acceptors (Lipinski definition) is 9. The summed E-state index contributed by atoms with van der Waals surface area (Å²) in [5.74, 6) is -5.78. The minimum Gasteiger partial charge on any atom is -0.460 e. The molecule has 0 amide bonds. The van der Waals surface area contributed by atoms with Crippen LogP contribution in [0, 0.1) is 28.6 Å². The van der Waals surface area contributed by atoms with Crippen molar-refractivity contribution in [2.75, 3.05) is 6.61 Å². The molecule has 2 saturated heterocycles. The monoisotopic (exact) mass is 412 g/mol. The first-order chi connectivity index (χ1) is 13.4. The molecule has 3 aliphatic carbocycles.